The fourth-order valence-corrected chi connectivity index (χ4v) is 3.08. The standard InChI is InChI=1S/C18H17F2N3O4/c1-2-22-14-6-4-12(9-11(14)3-8-17(22)24)21-13-5-7-15(23(25)26)16(10-13)27-18(19)20/h4-7,9-10,18,21H,2-3,8H2,1H3. The Morgan fingerprint density at radius 2 is 1.93 bits per heavy atom. The lowest BCUT2D eigenvalue weighted by Crippen LogP contribution is -2.34. The summed E-state index contributed by atoms with van der Waals surface area (Å²) in [6, 6.07) is 9.13. The van der Waals surface area contributed by atoms with E-state index in [1.54, 1.807) is 11.0 Å². The van der Waals surface area contributed by atoms with Gasteiger partial charge < -0.3 is 15.0 Å². The molecule has 0 atom stereocenters. The lowest BCUT2D eigenvalue weighted by atomic mass is 10.0. The van der Waals surface area contributed by atoms with Crippen molar-refractivity contribution in [1.82, 2.24) is 0 Å². The van der Waals surface area contributed by atoms with Gasteiger partial charge >= 0.3 is 12.3 Å². The highest BCUT2D eigenvalue weighted by Gasteiger charge is 2.23. The molecule has 7 nitrogen and oxygen atoms in total. The van der Waals surface area contributed by atoms with Gasteiger partial charge in [0, 0.05) is 42.2 Å². The third-order valence-electron chi connectivity index (χ3n) is 4.26. The average Bonchev–Trinajstić information content (AvgIpc) is 2.61. The number of hydrogen-bond acceptors (Lipinski definition) is 5. The molecule has 0 unspecified atom stereocenters. The molecule has 9 heteroatoms. The Balaban J connectivity index is 1.87. The third kappa shape index (κ3) is 3.97. The van der Waals surface area contributed by atoms with E-state index >= 15 is 0 Å². The number of hydrogen-bond donors (Lipinski definition) is 1. The summed E-state index contributed by atoms with van der Waals surface area (Å²) in [5, 5.41) is 14.0. The van der Waals surface area contributed by atoms with Crippen molar-refractivity contribution in [3.8, 4) is 5.75 Å². The molecule has 0 fully saturated rings. The topological polar surface area (TPSA) is 84.7 Å². The number of alkyl halides is 2. The molecular weight excluding hydrogens is 360 g/mol. The van der Waals surface area contributed by atoms with Gasteiger partial charge in [-0.15, -0.1) is 0 Å². The molecule has 0 spiro atoms. The number of carbonyl (C=O) groups excluding carboxylic acids is 1. The van der Waals surface area contributed by atoms with Gasteiger partial charge in [0.25, 0.3) is 0 Å². The van der Waals surface area contributed by atoms with Crippen LogP contribution in [-0.2, 0) is 11.2 Å². The highest BCUT2D eigenvalue weighted by atomic mass is 19.3. The van der Waals surface area contributed by atoms with Gasteiger partial charge in [-0.1, -0.05) is 0 Å². The SMILES string of the molecule is CCN1C(=O)CCc2cc(Nc3ccc([N+](=O)[O-])c(OC(F)F)c3)ccc21. The van der Waals surface area contributed by atoms with Gasteiger partial charge in [0.1, 0.15) is 0 Å². The van der Waals surface area contributed by atoms with E-state index in [0.29, 0.717) is 30.8 Å². The molecule has 0 saturated heterocycles. The first-order valence-corrected chi connectivity index (χ1v) is 8.32. The number of anilines is 3. The second-order valence-electron chi connectivity index (χ2n) is 5.92. The first-order chi connectivity index (χ1) is 12.9. The first kappa shape index (κ1) is 18.6. The van der Waals surface area contributed by atoms with Crippen molar-refractivity contribution >= 4 is 28.7 Å². The zero-order valence-electron chi connectivity index (χ0n) is 14.4. The van der Waals surface area contributed by atoms with Crippen LogP contribution in [0, 0.1) is 10.1 Å². The summed E-state index contributed by atoms with van der Waals surface area (Å²) >= 11 is 0. The van der Waals surface area contributed by atoms with E-state index in [2.05, 4.69) is 10.1 Å². The number of nitrogens with zero attached hydrogens (tertiary/aromatic N) is 2. The fraction of sp³-hybridized carbons (Fsp3) is 0.278. The zero-order chi connectivity index (χ0) is 19.6. The maximum Gasteiger partial charge on any atom is 0.387 e. The molecule has 0 aromatic heterocycles. The fourth-order valence-electron chi connectivity index (χ4n) is 3.08. The smallest absolute Gasteiger partial charge is 0.387 e. The predicted octanol–water partition coefficient (Wildman–Crippen LogP) is 4.24. The number of nitrogens with one attached hydrogen (secondary N) is 1. The summed E-state index contributed by atoms with van der Waals surface area (Å²) in [5.74, 6) is -0.435. The summed E-state index contributed by atoms with van der Waals surface area (Å²) in [5.41, 5.74) is 2.35. The van der Waals surface area contributed by atoms with Crippen LogP contribution in [0.25, 0.3) is 0 Å². The van der Waals surface area contributed by atoms with Crippen molar-refractivity contribution in [1.29, 1.82) is 0 Å². The molecule has 2 aromatic rings. The highest BCUT2D eigenvalue weighted by molar-refractivity contribution is 5.96. The van der Waals surface area contributed by atoms with Crippen molar-refractivity contribution in [3.63, 3.8) is 0 Å². The Hall–Kier alpha value is -3.23. The van der Waals surface area contributed by atoms with Crippen LogP contribution in [0.1, 0.15) is 18.9 Å². The van der Waals surface area contributed by atoms with Gasteiger partial charge in [-0.05, 0) is 43.2 Å². The molecule has 2 aromatic carbocycles. The molecule has 0 aliphatic carbocycles. The molecule has 3 rings (SSSR count). The van der Waals surface area contributed by atoms with Crippen molar-refractivity contribution in [2.24, 2.45) is 0 Å². The molecule has 142 valence electrons. The van der Waals surface area contributed by atoms with Crippen LogP contribution in [0.4, 0.5) is 31.5 Å². The quantitative estimate of drug-likeness (QED) is 0.601. The summed E-state index contributed by atoms with van der Waals surface area (Å²) in [6.07, 6.45) is 1.04. The third-order valence-corrected chi connectivity index (χ3v) is 4.26. The number of nitro benzene ring substituents is 1. The summed E-state index contributed by atoms with van der Waals surface area (Å²) in [6.45, 7) is -0.684. The van der Waals surface area contributed by atoms with E-state index in [-0.39, 0.29) is 5.91 Å². The minimum absolute atomic E-state index is 0.0786. The maximum atomic E-state index is 12.5. The van der Waals surface area contributed by atoms with Gasteiger partial charge in [-0.3, -0.25) is 14.9 Å². The zero-order valence-corrected chi connectivity index (χ0v) is 14.4. The second kappa shape index (κ2) is 7.56. The molecule has 0 saturated carbocycles. The Bertz CT molecular complexity index is 889. The number of fused-ring (bicyclic) bond motifs is 1. The minimum Gasteiger partial charge on any atom is -0.427 e. The number of nitro groups is 1. The number of benzene rings is 2. The Kier molecular flexibility index (Phi) is 5.20. The van der Waals surface area contributed by atoms with E-state index in [9.17, 15) is 23.7 Å². The molecule has 1 aliphatic heterocycles. The maximum absolute atomic E-state index is 12.5. The number of ether oxygens (including phenoxy) is 1. The van der Waals surface area contributed by atoms with Gasteiger partial charge in [0.15, 0.2) is 0 Å². The number of carbonyl (C=O) groups is 1. The molecule has 1 amide bonds. The summed E-state index contributed by atoms with van der Waals surface area (Å²) in [7, 11) is 0. The lowest BCUT2D eigenvalue weighted by molar-refractivity contribution is -0.386. The summed E-state index contributed by atoms with van der Waals surface area (Å²) in [4.78, 5) is 23.8. The molecule has 1 heterocycles. The molecular formula is C18H17F2N3O4. The molecule has 0 radical (unpaired) electrons. The minimum atomic E-state index is -3.17. The average molecular weight is 377 g/mol. The summed E-state index contributed by atoms with van der Waals surface area (Å²) < 4.78 is 29.3. The van der Waals surface area contributed by atoms with Crippen molar-refractivity contribution in [3.05, 3.63) is 52.1 Å². The first-order valence-electron chi connectivity index (χ1n) is 8.32. The van der Waals surface area contributed by atoms with E-state index in [4.69, 9.17) is 0 Å². The van der Waals surface area contributed by atoms with E-state index in [1.807, 2.05) is 19.1 Å². The van der Waals surface area contributed by atoms with Gasteiger partial charge in [0.05, 0.1) is 4.92 Å². The van der Waals surface area contributed by atoms with E-state index < -0.39 is 23.0 Å². The van der Waals surface area contributed by atoms with E-state index in [0.717, 1.165) is 23.4 Å². The van der Waals surface area contributed by atoms with Crippen molar-refractivity contribution < 1.29 is 23.2 Å². The number of rotatable bonds is 6. The number of amides is 1. The molecule has 1 N–H and O–H groups in total. The second-order valence-corrected chi connectivity index (χ2v) is 5.92. The van der Waals surface area contributed by atoms with Crippen LogP contribution in [-0.4, -0.2) is 24.0 Å². The van der Waals surface area contributed by atoms with Crippen LogP contribution in [0.15, 0.2) is 36.4 Å². The van der Waals surface area contributed by atoms with Gasteiger partial charge in [-0.25, -0.2) is 0 Å². The Labute approximate surface area is 153 Å². The van der Waals surface area contributed by atoms with Crippen LogP contribution in [0.5, 0.6) is 5.75 Å². The van der Waals surface area contributed by atoms with Crippen molar-refractivity contribution in [2.45, 2.75) is 26.4 Å². The van der Waals surface area contributed by atoms with Crippen LogP contribution >= 0.6 is 0 Å². The molecule has 27 heavy (non-hydrogen) atoms. The Morgan fingerprint density at radius 1 is 1.22 bits per heavy atom. The molecule has 0 bridgehead atoms. The monoisotopic (exact) mass is 377 g/mol. The Morgan fingerprint density at radius 3 is 2.59 bits per heavy atom. The highest BCUT2D eigenvalue weighted by Crippen LogP contribution is 2.34. The van der Waals surface area contributed by atoms with Crippen LogP contribution in [0.2, 0.25) is 0 Å². The lowest BCUT2D eigenvalue weighted by Gasteiger charge is -2.28. The van der Waals surface area contributed by atoms with Crippen LogP contribution in [0.3, 0.4) is 0 Å². The predicted molar refractivity (Wildman–Crippen MR) is 95.8 cm³/mol. The van der Waals surface area contributed by atoms with Crippen molar-refractivity contribution in [2.75, 3.05) is 16.8 Å². The normalized spacial score (nSPS) is 13.5. The molecule has 1 aliphatic rings. The van der Waals surface area contributed by atoms with Crippen LogP contribution < -0.4 is 15.0 Å². The largest absolute Gasteiger partial charge is 0.427 e. The number of aryl methyl sites for hydroxylation is 1. The van der Waals surface area contributed by atoms with Gasteiger partial charge in [-0.2, -0.15) is 8.78 Å². The van der Waals surface area contributed by atoms with E-state index in [1.165, 1.54) is 6.07 Å². The van der Waals surface area contributed by atoms with Gasteiger partial charge in [0.2, 0.25) is 11.7 Å². The number of halogens is 2.